The third kappa shape index (κ3) is 39.6. The van der Waals surface area contributed by atoms with E-state index in [-0.39, 0.29) is 73.9 Å². The normalized spacial score (nSPS) is 10.5. The highest BCUT2D eigenvalue weighted by molar-refractivity contribution is 9.93. The summed E-state index contributed by atoms with van der Waals surface area (Å²) < 4.78 is 12.3. The van der Waals surface area contributed by atoms with E-state index in [2.05, 4.69) is 217 Å². The second-order valence-corrected chi connectivity index (χ2v) is 44.3. The number of aromatic amines is 1. The van der Waals surface area contributed by atoms with Gasteiger partial charge in [-0.05, 0) is 161 Å². The van der Waals surface area contributed by atoms with Gasteiger partial charge in [0.15, 0.2) is 0 Å². The number of alkyl halides is 9. The molecule has 25 nitrogen and oxygen atoms in total. The van der Waals surface area contributed by atoms with Crippen molar-refractivity contribution in [2.45, 2.75) is 192 Å². The van der Waals surface area contributed by atoms with Gasteiger partial charge in [0, 0.05) is 161 Å². The van der Waals surface area contributed by atoms with Crippen molar-refractivity contribution in [1.82, 2.24) is 46.7 Å². The number of anilines is 2. The van der Waals surface area contributed by atoms with Crippen LogP contribution in [0.25, 0.3) is 40.9 Å². The first kappa shape index (κ1) is 123. The van der Waals surface area contributed by atoms with Crippen molar-refractivity contribution < 1.29 is 24.0 Å². The van der Waals surface area contributed by atoms with Crippen LogP contribution >= 0.6 is 253 Å². The second kappa shape index (κ2) is 62.0. The molecule has 11 heterocycles. The lowest BCUT2D eigenvalue weighted by molar-refractivity contribution is -0.193. The van der Waals surface area contributed by atoms with E-state index in [1.807, 2.05) is 58.9 Å². The molecule has 11 rings (SSSR count). The number of nitrogens with zero attached hydrogens (tertiary/aromatic N) is 9. The molecule has 0 atom stereocenters. The fourth-order valence-electron chi connectivity index (χ4n) is 10.9. The van der Waals surface area contributed by atoms with Gasteiger partial charge in [-0.15, -0.1) is 114 Å². The average Bonchev–Trinajstić information content (AvgIpc) is 1.64. The first-order chi connectivity index (χ1) is 58.1. The number of aryl methyl sites for hydroxylation is 8. The number of carbonyl (C=O) groups is 1. The summed E-state index contributed by atoms with van der Waals surface area (Å²) >= 11 is 67.3. The number of carbonyl (C=O) groups excluding carboxylic acids is 5. The minimum Gasteiger partial charge on any atom is -0.390 e. The van der Waals surface area contributed by atoms with E-state index in [4.69, 9.17) is 118 Å². The van der Waals surface area contributed by atoms with Gasteiger partial charge in [-0.25, -0.2) is 19.2 Å². The lowest BCUT2D eigenvalue weighted by atomic mass is 10.1. The zero-order valence-corrected chi connectivity index (χ0v) is 94.2. The molecule has 0 saturated heterocycles. The molecule has 0 aliphatic carbocycles. The summed E-state index contributed by atoms with van der Waals surface area (Å²) in [6, 6.07) is 6.30. The fraction of sp³-hybridized carbons (Fsp3) is 0.525. The Morgan fingerprint density at radius 1 is 0.504 bits per heavy atom. The van der Waals surface area contributed by atoms with Crippen molar-refractivity contribution >= 4 is 322 Å². The fourth-order valence-corrected chi connectivity index (χ4v) is 20.6. The molecule has 0 spiro atoms. The summed E-state index contributed by atoms with van der Waals surface area (Å²) in [4.78, 5) is 150. The van der Waals surface area contributed by atoms with Crippen LogP contribution in [0.2, 0.25) is 0 Å². The van der Waals surface area contributed by atoms with Gasteiger partial charge in [0.25, 0.3) is 25.5 Å². The Balaban J connectivity index is 0. The number of nitrogens with one attached hydrogen (secondary N) is 2. The summed E-state index contributed by atoms with van der Waals surface area (Å²) in [6.45, 7) is 44.6. The molecule has 700 valence electrons. The number of aromatic nitrogens is 10. The molecule has 0 aromatic carbocycles. The highest BCUT2D eigenvalue weighted by atomic mass is 80.9. The molecule has 0 unspecified atom stereocenters. The number of hydrogen-bond acceptors (Lipinski definition) is 22. The molecular formula is C80H108Br6Cl8N12O13S6. The molecule has 0 aliphatic rings. The van der Waals surface area contributed by atoms with Crippen LogP contribution in [0.4, 0.5) is 10.0 Å². The van der Waals surface area contributed by atoms with Crippen LogP contribution in [0.15, 0.2) is 70.0 Å². The maximum atomic E-state index is 12.7. The van der Waals surface area contributed by atoms with E-state index in [9.17, 15) is 43.2 Å². The standard InChI is InChI=1S/C17H21BrN4O2S.C12H14Br2N2O2S.C12H15BrN2O2S.C12H16N2O2S.C11H19NS.C7H11NS.C4H8O.CCl4.2CH2Cl2.2CO2.Br2/c1-8(2)7-22-16-13(15(23)21(5)17(22)24)14(18)12(25-16)6-11-9(3)19-20-10(11)4;1-6(2)5-16-11-8(9(14)7(4-13)19-11)10(17)15(3)12(16)18;1-6(2)5-15-11-8(9(13)7(3)18-11)10(16)14(4)12(15)17;1-7(2)6-14-11-9(5-8(3)17-11)10(15)13(4)12(14)16;1-5-10-6-9(4)13-11(10)12-7-8(2)3;1-3-6-4-5(2)9-7(6)8;1-4(2)3-5;2-1(3,4)5;4*2-1-3;1-2/h8H,6-7H2,1-5H3,(H,19,20);6H,4-5H2,1-3H3;6H,5H2,1-4H3;5,7H,6H2,1-4H3;6,8,12H,5,7H2,1-4H3;4H,3,8H2,1-2H3;3-4H,1-2H3;;2*1H2;;;. The van der Waals surface area contributed by atoms with Crippen molar-refractivity contribution in [3.8, 4) is 0 Å². The van der Waals surface area contributed by atoms with Gasteiger partial charge < -0.3 is 15.8 Å². The number of rotatable bonds is 17. The number of H-pyrrole nitrogens is 1. The van der Waals surface area contributed by atoms with Crippen molar-refractivity contribution in [2.75, 3.05) is 28.3 Å². The summed E-state index contributed by atoms with van der Waals surface area (Å²) in [7, 11) is 6.13. The van der Waals surface area contributed by atoms with Crippen LogP contribution in [0, 0.1) is 77.0 Å². The van der Waals surface area contributed by atoms with E-state index in [1.165, 1.54) is 118 Å². The predicted octanol–water partition coefficient (Wildman–Crippen LogP) is 23.1. The number of fused-ring (bicyclic) bond motifs is 4. The second-order valence-electron chi connectivity index (χ2n) is 29.2. The Hall–Kier alpha value is -3.60. The van der Waals surface area contributed by atoms with E-state index >= 15 is 0 Å². The van der Waals surface area contributed by atoms with Gasteiger partial charge >= 0.3 is 35.1 Å². The maximum absolute atomic E-state index is 12.7. The molecule has 4 N–H and O–H groups in total. The van der Waals surface area contributed by atoms with Crippen molar-refractivity contribution in [3.63, 3.8) is 0 Å². The smallest absolute Gasteiger partial charge is 0.373 e. The lowest BCUT2D eigenvalue weighted by Gasteiger charge is -2.11. The molecular weight excluding hydrogens is 2290 g/mol. The van der Waals surface area contributed by atoms with Crippen molar-refractivity contribution in [1.29, 1.82) is 0 Å². The first-order valence-corrected chi connectivity index (χ1v) is 53.6. The predicted molar refractivity (Wildman–Crippen MR) is 553 cm³/mol. The molecule has 11 aromatic rings. The van der Waals surface area contributed by atoms with Crippen LogP contribution in [0.1, 0.15) is 154 Å². The lowest BCUT2D eigenvalue weighted by Crippen LogP contribution is -2.38. The molecule has 0 amide bonds. The number of hydrogen-bond donors (Lipinski definition) is 3. The topological polar surface area (TPSA) is 328 Å². The van der Waals surface area contributed by atoms with Crippen LogP contribution in [0.3, 0.4) is 0 Å². The minimum atomic E-state index is -1.61. The number of halogens is 14. The van der Waals surface area contributed by atoms with Gasteiger partial charge in [0.1, 0.15) is 25.6 Å². The first-order valence-electron chi connectivity index (χ1n) is 37.9. The third-order valence-corrected chi connectivity index (χ3v) is 27.4. The Kier molecular flexibility index (Phi) is 61.2. The molecule has 125 heavy (non-hydrogen) atoms. The quantitative estimate of drug-likeness (QED) is 0.0563. The third-order valence-electron chi connectivity index (χ3n) is 16.3. The molecule has 0 aliphatic heterocycles. The number of thiophene rings is 6. The molecule has 0 radical (unpaired) electrons. The van der Waals surface area contributed by atoms with Gasteiger partial charge in [-0.2, -0.15) is 24.3 Å². The summed E-state index contributed by atoms with van der Waals surface area (Å²) in [5.74, 6) is 2.29. The highest BCUT2D eigenvalue weighted by Gasteiger charge is 2.25. The average molecular weight is 2400 g/mol. The Labute approximate surface area is 840 Å². The Bertz CT molecular complexity index is 5790. The summed E-state index contributed by atoms with van der Waals surface area (Å²) in [5, 5.41) is 16.6. The van der Waals surface area contributed by atoms with Crippen LogP contribution in [-0.2, 0) is 103 Å². The van der Waals surface area contributed by atoms with E-state index in [0.717, 1.165) is 99.9 Å². The molecule has 0 bridgehead atoms. The van der Waals surface area contributed by atoms with Crippen molar-refractivity contribution in [2.24, 2.45) is 63.7 Å². The van der Waals surface area contributed by atoms with Gasteiger partial charge in [0.05, 0.1) is 47.9 Å². The Morgan fingerprint density at radius 3 is 1.14 bits per heavy atom. The summed E-state index contributed by atoms with van der Waals surface area (Å²) in [5.41, 5.74) is 9.62. The number of nitrogen functional groups attached to an aromatic ring is 1. The van der Waals surface area contributed by atoms with Crippen molar-refractivity contribution in [3.05, 3.63) is 172 Å². The Morgan fingerprint density at radius 2 is 0.824 bits per heavy atom. The highest BCUT2D eigenvalue weighted by Crippen LogP contribution is 2.38. The molecule has 0 fully saturated rings. The van der Waals surface area contributed by atoms with E-state index in [1.54, 1.807) is 29.6 Å². The van der Waals surface area contributed by atoms with E-state index in [0.29, 0.717) is 89.1 Å². The van der Waals surface area contributed by atoms with Gasteiger partial charge in [-0.3, -0.25) is 60.8 Å². The van der Waals surface area contributed by atoms with Crippen LogP contribution in [-0.4, -0.2) is 85.8 Å². The van der Waals surface area contributed by atoms with Gasteiger partial charge in [0.2, 0.25) is 0 Å². The number of aldehydes is 1. The zero-order valence-electron chi connectivity index (χ0n) is 73.7. The van der Waals surface area contributed by atoms with Crippen LogP contribution in [0.5, 0.6) is 0 Å². The van der Waals surface area contributed by atoms with Crippen LogP contribution < -0.4 is 56.0 Å². The van der Waals surface area contributed by atoms with E-state index < -0.39 is 3.25 Å². The zero-order chi connectivity index (χ0) is 97.4. The maximum Gasteiger partial charge on any atom is 0.373 e. The minimum absolute atomic E-state index is 0.194. The SMILES string of the molecule is BrBr.CC(C)C=O.CC(C)Cn1c(=O)n(C)c(=O)c2c(Br)c(CBr)sc21.CCc1cc(C)sc1N.CCc1cc(C)sc1NCC(C)C.Cc1cc2c(=O)n(C)c(=O)n(CC(C)C)c2s1.Cc1n[nH]c(C)c1Cc1sc2c(c1Br)c(=O)n(C)c(=O)n2CC(C)C.Cc1sc2c(c1Br)c(=O)n(C)c(=O)n2CC(C)C.ClC(Cl)(Cl)Cl.ClCCl.ClCCl.O=C=O.O=C=O. The summed E-state index contributed by atoms with van der Waals surface area (Å²) in [6.07, 6.45) is 4.27. The molecule has 11 aromatic heterocycles. The molecule has 45 heteroatoms. The largest absolute Gasteiger partial charge is 0.390 e. The monoisotopic (exact) mass is 2390 g/mol. The van der Waals surface area contributed by atoms with Gasteiger partial charge in [-0.1, -0.05) is 159 Å². The molecule has 0 saturated carbocycles. The number of nitrogens with two attached hydrogens (primary N) is 1.